The molecule has 3 aromatic rings. The summed E-state index contributed by atoms with van der Waals surface area (Å²) in [5.41, 5.74) is 5.73. The van der Waals surface area contributed by atoms with Crippen molar-refractivity contribution in [2.24, 2.45) is 0 Å². The van der Waals surface area contributed by atoms with Crippen LogP contribution in [0.2, 0.25) is 0 Å². The zero-order valence-electron chi connectivity index (χ0n) is 19.7. The highest BCUT2D eigenvalue weighted by Gasteiger charge is 2.17. The third-order valence-electron chi connectivity index (χ3n) is 6.06. The molecule has 0 radical (unpaired) electrons. The van der Waals surface area contributed by atoms with Gasteiger partial charge >= 0.3 is 6.03 Å². The van der Waals surface area contributed by atoms with Crippen LogP contribution in [0, 0.1) is 13.8 Å². The second kappa shape index (κ2) is 11.0. The number of hydrogen-bond donors (Lipinski definition) is 2. The normalized spacial score (nSPS) is 13.5. The molecule has 1 aliphatic heterocycles. The van der Waals surface area contributed by atoms with Gasteiger partial charge in [0.15, 0.2) is 0 Å². The van der Waals surface area contributed by atoms with Crippen molar-refractivity contribution in [1.82, 2.24) is 20.0 Å². The highest BCUT2D eigenvalue weighted by Crippen LogP contribution is 2.15. The number of aryl methyl sites for hydroxylation is 1. The fourth-order valence-corrected chi connectivity index (χ4v) is 4.05. The van der Waals surface area contributed by atoms with E-state index in [-0.39, 0.29) is 11.9 Å². The number of rotatable bonds is 7. The number of nitrogens with one attached hydrogen (secondary N) is 2. The Balaban J connectivity index is 1.28. The highest BCUT2D eigenvalue weighted by molar-refractivity contribution is 5.89. The predicted octanol–water partition coefficient (Wildman–Crippen LogP) is 3.27. The number of hydrogen-bond acceptors (Lipinski definition) is 4. The van der Waals surface area contributed by atoms with Crippen LogP contribution in [0.3, 0.4) is 0 Å². The Morgan fingerprint density at radius 2 is 1.68 bits per heavy atom. The Hall–Kier alpha value is -3.65. The van der Waals surface area contributed by atoms with Crippen LogP contribution >= 0.6 is 0 Å². The molecule has 1 aliphatic rings. The fraction of sp³-hybridized carbons (Fsp3) is 0.346. The Bertz CT molecular complexity index is 1120. The number of morpholine rings is 1. The number of nitrogens with zero attached hydrogens (tertiary/aromatic N) is 3. The van der Waals surface area contributed by atoms with Gasteiger partial charge in [-0.3, -0.25) is 9.48 Å². The van der Waals surface area contributed by atoms with Gasteiger partial charge in [0.25, 0.3) is 0 Å². The van der Waals surface area contributed by atoms with E-state index in [1.165, 1.54) is 5.56 Å². The maximum atomic E-state index is 12.5. The van der Waals surface area contributed by atoms with Gasteiger partial charge in [0.1, 0.15) is 0 Å². The maximum Gasteiger partial charge on any atom is 0.319 e. The monoisotopic (exact) mass is 461 g/mol. The van der Waals surface area contributed by atoms with Gasteiger partial charge in [0.05, 0.1) is 31.9 Å². The minimum absolute atomic E-state index is 0.0975. The fourth-order valence-electron chi connectivity index (χ4n) is 4.05. The number of urea groups is 1. The van der Waals surface area contributed by atoms with Crippen LogP contribution in [0.5, 0.6) is 0 Å². The average molecular weight is 462 g/mol. The summed E-state index contributed by atoms with van der Waals surface area (Å²) in [6.45, 7) is 7.54. The maximum absolute atomic E-state index is 12.5. The Morgan fingerprint density at radius 3 is 2.38 bits per heavy atom. The Labute approximate surface area is 199 Å². The second-order valence-corrected chi connectivity index (χ2v) is 8.47. The molecule has 0 unspecified atom stereocenters. The molecule has 0 bridgehead atoms. The first-order valence-electron chi connectivity index (χ1n) is 11.6. The molecule has 34 heavy (non-hydrogen) atoms. The lowest BCUT2D eigenvalue weighted by molar-refractivity contribution is -0.134. The van der Waals surface area contributed by atoms with Crippen molar-refractivity contribution in [3.8, 4) is 0 Å². The summed E-state index contributed by atoms with van der Waals surface area (Å²) in [5, 5.41) is 10.4. The lowest BCUT2D eigenvalue weighted by atomic mass is 10.1. The first-order chi connectivity index (χ1) is 16.5. The molecule has 178 valence electrons. The van der Waals surface area contributed by atoms with Crippen molar-refractivity contribution in [2.45, 2.75) is 33.4 Å². The standard InChI is InChI=1S/C26H31N5O3/c1-19-24(20(2)31(29-19)18-22-6-4-3-5-7-22)17-27-26(33)28-23-10-8-21(9-11-23)16-25(32)30-12-14-34-15-13-30/h3-11H,12-18H2,1-2H3,(H2,27,28,33). The molecule has 2 N–H and O–H groups in total. The van der Waals surface area contributed by atoms with Crippen molar-refractivity contribution in [1.29, 1.82) is 0 Å². The van der Waals surface area contributed by atoms with E-state index in [0.29, 0.717) is 51.5 Å². The zero-order chi connectivity index (χ0) is 23.9. The van der Waals surface area contributed by atoms with E-state index in [0.717, 1.165) is 22.5 Å². The number of carbonyl (C=O) groups is 2. The molecule has 0 atom stereocenters. The number of anilines is 1. The van der Waals surface area contributed by atoms with Crippen LogP contribution in [0.25, 0.3) is 0 Å². The van der Waals surface area contributed by atoms with Crippen LogP contribution in [0.4, 0.5) is 10.5 Å². The average Bonchev–Trinajstić information content (AvgIpc) is 3.12. The van der Waals surface area contributed by atoms with E-state index in [4.69, 9.17) is 4.74 Å². The largest absolute Gasteiger partial charge is 0.378 e. The van der Waals surface area contributed by atoms with E-state index < -0.39 is 0 Å². The van der Waals surface area contributed by atoms with E-state index in [9.17, 15) is 9.59 Å². The van der Waals surface area contributed by atoms with Crippen LogP contribution in [0.1, 0.15) is 28.1 Å². The molecule has 1 aromatic heterocycles. The first-order valence-corrected chi connectivity index (χ1v) is 11.6. The van der Waals surface area contributed by atoms with E-state index in [2.05, 4.69) is 27.9 Å². The summed E-state index contributed by atoms with van der Waals surface area (Å²) in [5.74, 6) is 0.0975. The molecule has 8 nitrogen and oxygen atoms in total. The lowest BCUT2D eigenvalue weighted by Crippen LogP contribution is -2.41. The van der Waals surface area contributed by atoms with Crippen molar-refractivity contribution in [3.05, 3.63) is 82.7 Å². The predicted molar refractivity (Wildman–Crippen MR) is 131 cm³/mol. The second-order valence-electron chi connectivity index (χ2n) is 8.47. The molecule has 0 spiro atoms. The third kappa shape index (κ3) is 6.02. The molecule has 4 rings (SSSR count). The summed E-state index contributed by atoms with van der Waals surface area (Å²) >= 11 is 0. The molecular weight excluding hydrogens is 430 g/mol. The van der Waals surface area contributed by atoms with Crippen molar-refractivity contribution in [3.63, 3.8) is 0 Å². The minimum atomic E-state index is -0.285. The molecule has 1 fully saturated rings. The van der Waals surface area contributed by atoms with Gasteiger partial charge in [-0.25, -0.2) is 4.79 Å². The van der Waals surface area contributed by atoms with E-state index in [1.807, 2.05) is 65.9 Å². The number of carbonyl (C=O) groups excluding carboxylic acids is 2. The van der Waals surface area contributed by atoms with Gasteiger partial charge in [0.2, 0.25) is 5.91 Å². The third-order valence-corrected chi connectivity index (χ3v) is 6.06. The van der Waals surface area contributed by atoms with Gasteiger partial charge in [-0.05, 0) is 37.1 Å². The number of benzene rings is 2. The van der Waals surface area contributed by atoms with Gasteiger partial charge in [-0.1, -0.05) is 42.5 Å². The number of aromatic nitrogens is 2. The van der Waals surface area contributed by atoms with Gasteiger partial charge in [-0.15, -0.1) is 0 Å². The van der Waals surface area contributed by atoms with E-state index >= 15 is 0 Å². The molecular formula is C26H31N5O3. The Morgan fingerprint density at radius 1 is 0.971 bits per heavy atom. The molecule has 0 aliphatic carbocycles. The summed E-state index contributed by atoms with van der Waals surface area (Å²) in [6, 6.07) is 17.3. The van der Waals surface area contributed by atoms with Crippen molar-refractivity contribution < 1.29 is 14.3 Å². The van der Waals surface area contributed by atoms with Crippen LogP contribution in [-0.2, 0) is 29.0 Å². The van der Waals surface area contributed by atoms with Gasteiger partial charge < -0.3 is 20.3 Å². The van der Waals surface area contributed by atoms with Crippen molar-refractivity contribution in [2.75, 3.05) is 31.6 Å². The molecule has 1 saturated heterocycles. The molecule has 0 saturated carbocycles. The molecule has 2 heterocycles. The highest BCUT2D eigenvalue weighted by atomic mass is 16.5. The molecule has 2 aromatic carbocycles. The van der Waals surface area contributed by atoms with Crippen LogP contribution < -0.4 is 10.6 Å². The minimum Gasteiger partial charge on any atom is -0.378 e. The molecule has 3 amide bonds. The summed E-state index contributed by atoms with van der Waals surface area (Å²) in [6.07, 6.45) is 0.345. The quantitative estimate of drug-likeness (QED) is 0.565. The smallest absolute Gasteiger partial charge is 0.319 e. The SMILES string of the molecule is Cc1nn(Cc2ccccc2)c(C)c1CNC(=O)Nc1ccc(CC(=O)N2CCOCC2)cc1. The summed E-state index contributed by atoms with van der Waals surface area (Å²) < 4.78 is 7.26. The topological polar surface area (TPSA) is 88.5 Å². The van der Waals surface area contributed by atoms with Gasteiger partial charge in [0, 0.05) is 36.6 Å². The lowest BCUT2D eigenvalue weighted by Gasteiger charge is -2.26. The first kappa shape index (κ1) is 23.5. The van der Waals surface area contributed by atoms with Gasteiger partial charge in [-0.2, -0.15) is 5.10 Å². The summed E-state index contributed by atoms with van der Waals surface area (Å²) in [7, 11) is 0. The van der Waals surface area contributed by atoms with Crippen LogP contribution in [-0.4, -0.2) is 52.9 Å². The zero-order valence-corrected chi connectivity index (χ0v) is 19.7. The number of amides is 3. The molecule has 8 heteroatoms. The van der Waals surface area contributed by atoms with Crippen molar-refractivity contribution >= 4 is 17.6 Å². The Kier molecular flexibility index (Phi) is 7.59. The number of ether oxygens (including phenoxy) is 1. The van der Waals surface area contributed by atoms with E-state index in [1.54, 1.807) is 0 Å². The van der Waals surface area contributed by atoms with Crippen LogP contribution in [0.15, 0.2) is 54.6 Å². The summed E-state index contributed by atoms with van der Waals surface area (Å²) in [4.78, 5) is 26.7.